The van der Waals surface area contributed by atoms with E-state index >= 15 is 0 Å². The summed E-state index contributed by atoms with van der Waals surface area (Å²) in [6.45, 7) is 1.93. The van der Waals surface area contributed by atoms with Gasteiger partial charge in [0.15, 0.2) is 0 Å². The monoisotopic (exact) mass is 143 g/mol. The van der Waals surface area contributed by atoms with Gasteiger partial charge in [0.2, 0.25) is 0 Å². The first-order chi connectivity index (χ1) is 5.34. The highest BCUT2D eigenvalue weighted by molar-refractivity contribution is 5.65. The molecule has 54 valence electrons. The first-order valence-electron chi connectivity index (χ1n) is 3.46. The van der Waals surface area contributed by atoms with Crippen molar-refractivity contribution in [2.24, 2.45) is 0 Å². The van der Waals surface area contributed by atoms with Crippen LogP contribution in [0.3, 0.4) is 0 Å². The van der Waals surface area contributed by atoms with Crippen LogP contribution < -0.4 is 0 Å². The van der Waals surface area contributed by atoms with Crippen molar-refractivity contribution in [3.63, 3.8) is 0 Å². The average Bonchev–Trinajstić information content (AvgIpc) is 2.07. The van der Waals surface area contributed by atoms with Gasteiger partial charge in [-0.25, -0.2) is 0 Å². The second kappa shape index (κ2) is 3.58. The maximum atomic E-state index is 8.37. The van der Waals surface area contributed by atoms with Crippen LogP contribution in [0.5, 0.6) is 0 Å². The van der Waals surface area contributed by atoms with Crippen molar-refractivity contribution in [2.45, 2.75) is 6.92 Å². The van der Waals surface area contributed by atoms with Crippen LogP contribution in [0.4, 0.5) is 0 Å². The van der Waals surface area contributed by atoms with Crippen molar-refractivity contribution in [2.75, 3.05) is 0 Å². The highest BCUT2D eigenvalue weighted by Crippen LogP contribution is 2.11. The van der Waals surface area contributed by atoms with Crippen molar-refractivity contribution in [1.82, 2.24) is 0 Å². The standard InChI is InChI=1S/C10H9N/c1-9(7-8-11)10-5-3-2-4-6-10/h2-7H,1H3. The molecule has 0 N–H and O–H groups in total. The Hall–Kier alpha value is -1.55. The molecule has 0 aliphatic rings. The van der Waals surface area contributed by atoms with Crippen LogP contribution >= 0.6 is 0 Å². The smallest absolute Gasteiger partial charge is 0.0915 e. The number of nitrogens with zero attached hydrogens (tertiary/aromatic N) is 1. The Morgan fingerprint density at radius 3 is 2.55 bits per heavy atom. The number of rotatable bonds is 1. The summed E-state index contributed by atoms with van der Waals surface area (Å²) in [5.74, 6) is 0. The fourth-order valence-corrected chi connectivity index (χ4v) is 0.881. The molecule has 1 rings (SSSR count). The fraction of sp³-hybridized carbons (Fsp3) is 0.100. The van der Waals surface area contributed by atoms with Gasteiger partial charge in [-0.05, 0) is 18.1 Å². The van der Waals surface area contributed by atoms with Crippen molar-refractivity contribution in [3.8, 4) is 6.07 Å². The van der Waals surface area contributed by atoms with Gasteiger partial charge < -0.3 is 0 Å². The molecule has 0 aliphatic heterocycles. The molecular weight excluding hydrogens is 134 g/mol. The summed E-state index contributed by atoms with van der Waals surface area (Å²) in [4.78, 5) is 0. The molecule has 0 fully saturated rings. The Morgan fingerprint density at radius 1 is 1.36 bits per heavy atom. The molecule has 0 aromatic heterocycles. The second-order valence-electron chi connectivity index (χ2n) is 2.32. The van der Waals surface area contributed by atoms with Crippen LogP contribution in [-0.2, 0) is 0 Å². The molecule has 11 heavy (non-hydrogen) atoms. The van der Waals surface area contributed by atoms with Gasteiger partial charge >= 0.3 is 0 Å². The van der Waals surface area contributed by atoms with E-state index in [1.165, 1.54) is 0 Å². The number of hydrogen-bond donors (Lipinski definition) is 0. The van der Waals surface area contributed by atoms with Gasteiger partial charge in [-0.1, -0.05) is 30.3 Å². The Kier molecular flexibility index (Phi) is 2.46. The molecule has 0 bridgehead atoms. The summed E-state index contributed by atoms with van der Waals surface area (Å²) in [7, 11) is 0. The Labute approximate surface area is 66.6 Å². The highest BCUT2D eigenvalue weighted by Gasteiger charge is 1.90. The molecular formula is C10H9N. The fourth-order valence-electron chi connectivity index (χ4n) is 0.881. The number of nitriles is 1. The lowest BCUT2D eigenvalue weighted by molar-refractivity contribution is 1.52. The van der Waals surface area contributed by atoms with Crippen LogP contribution in [0.25, 0.3) is 5.57 Å². The molecule has 1 heteroatoms. The maximum Gasteiger partial charge on any atom is 0.0915 e. The van der Waals surface area contributed by atoms with E-state index in [9.17, 15) is 0 Å². The van der Waals surface area contributed by atoms with Gasteiger partial charge in [0.1, 0.15) is 0 Å². The van der Waals surface area contributed by atoms with E-state index in [0.717, 1.165) is 11.1 Å². The Morgan fingerprint density at radius 2 is 2.00 bits per heavy atom. The molecule has 0 radical (unpaired) electrons. The normalized spacial score (nSPS) is 10.7. The lowest BCUT2D eigenvalue weighted by Crippen LogP contribution is -1.75. The molecule has 0 amide bonds. The predicted molar refractivity (Wildman–Crippen MR) is 45.7 cm³/mol. The average molecular weight is 143 g/mol. The minimum atomic E-state index is 1.01. The van der Waals surface area contributed by atoms with E-state index in [2.05, 4.69) is 0 Å². The summed E-state index contributed by atoms with van der Waals surface area (Å²) in [5, 5.41) is 8.37. The van der Waals surface area contributed by atoms with Crippen LogP contribution in [0.1, 0.15) is 12.5 Å². The van der Waals surface area contributed by atoms with E-state index in [1.54, 1.807) is 6.08 Å². The Bertz CT molecular complexity index is 290. The zero-order valence-electron chi connectivity index (χ0n) is 6.41. The molecule has 0 atom stereocenters. The van der Waals surface area contributed by atoms with Crippen molar-refractivity contribution in [3.05, 3.63) is 42.0 Å². The molecule has 1 aromatic carbocycles. The van der Waals surface area contributed by atoms with Gasteiger partial charge in [-0.2, -0.15) is 5.26 Å². The first kappa shape index (κ1) is 7.56. The zero-order chi connectivity index (χ0) is 8.10. The summed E-state index contributed by atoms with van der Waals surface area (Å²) in [5.41, 5.74) is 2.11. The van der Waals surface area contributed by atoms with Crippen LogP contribution in [0, 0.1) is 11.3 Å². The van der Waals surface area contributed by atoms with E-state index in [4.69, 9.17) is 5.26 Å². The van der Waals surface area contributed by atoms with E-state index < -0.39 is 0 Å². The molecule has 0 spiro atoms. The highest BCUT2D eigenvalue weighted by atomic mass is 14.2. The number of hydrogen-bond acceptors (Lipinski definition) is 1. The van der Waals surface area contributed by atoms with E-state index in [1.807, 2.05) is 43.3 Å². The number of allylic oxidation sites excluding steroid dienone is 2. The van der Waals surface area contributed by atoms with Gasteiger partial charge in [0, 0.05) is 6.08 Å². The van der Waals surface area contributed by atoms with Crippen LogP contribution in [0.2, 0.25) is 0 Å². The van der Waals surface area contributed by atoms with Crippen LogP contribution in [-0.4, -0.2) is 0 Å². The minimum Gasteiger partial charge on any atom is -0.193 e. The number of benzene rings is 1. The largest absolute Gasteiger partial charge is 0.193 e. The summed E-state index contributed by atoms with van der Waals surface area (Å²) >= 11 is 0. The van der Waals surface area contributed by atoms with Gasteiger partial charge in [0.25, 0.3) is 0 Å². The summed E-state index contributed by atoms with van der Waals surface area (Å²) in [6.07, 6.45) is 1.55. The SMILES string of the molecule is CC(=CC#N)c1ccccc1. The Balaban J connectivity index is 2.96. The summed E-state index contributed by atoms with van der Waals surface area (Å²) < 4.78 is 0. The lowest BCUT2D eigenvalue weighted by atomic mass is 10.1. The lowest BCUT2D eigenvalue weighted by Gasteiger charge is -1.96. The summed E-state index contributed by atoms with van der Waals surface area (Å²) in [6, 6.07) is 11.9. The zero-order valence-corrected chi connectivity index (χ0v) is 6.41. The van der Waals surface area contributed by atoms with Crippen molar-refractivity contribution >= 4 is 5.57 Å². The first-order valence-corrected chi connectivity index (χ1v) is 3.46. The third-order valence-corrected chi connectivity index (χ3v) is 1.51. The van der Waals surface area contributed by atoms with Gasteiger partial charge in [-0.15, -0.1) is 0 Å². The molecule has 0 saturated carbocycles. The molecule has 0 saturated heterocycles. The van der Waals surface area contributed by atoms with E-state index in [0.29, 0.717) is 0 Å². The van der Waals surface area contributed by atoms with Crippen molar-refractivity contribution < 1.29 is 0 Å². The molecule has 1 nitrogen and oxygen atoms in total. The van der Waals surface area contributed by atoms with Gasteiger partial charge in [0.05, 0.1) is 6.07 Å². The van der Waals surface area contributed by atoms with Gasteiger partial charge in [-0.3, -0.25) is 0 Å². The van der Waals surface area contributed by atoms with Crippen LogP contribution in [0.15, 0.2) is 36.4 Å². The molecule has 0 unspecified atom stereocenters. The quantitative estimate of drug-likeness (QED) is 0.554. The topological polar surface area (TPSA) is 23.8 Å². The second-order valence-corrected chi connectivity index (χ2v) is 2.32. The predicted octanol–water partition coefficient (Wildman–Crippen LogP) is 2.61. The van der Waals surface area contributed by atoms with E-state index in [-0.39, 0.29) is 0 Å². The molecule has 0 aliphatic carbocycles. The maximum absolute atomic E-state index is 8.37. The molecule has 1 aromatic rings. The minimum absolute atomic E-state index is 1.01. The van der Waals surface area contributed by atoms with Crippen molar-refractivity contribution in [1.29, 1.82) is 5.26 Å². The molecule has 0 heterocycles. The third kappa shape index (κ3) is 1.94. The third-order valence-electron chi connectivity index (χ3n) is 1.51.